The van der Waals surface area contributed by atoms with Gasteiger partial charge in [0.15, 0.2) is 25.6 Å². The van der Waals surface area contributed by atoms with Gasteiger partial charge in [-0.1, -0.05) is 71.0 Å². The van der Waals surface area contributed by atoms with Crippen molar-refractivity contribution in [1.29, 1.82) is 0 Å². The molecule has 4 N–H and O–H groups in total. The molecule has 3 heterocycles. The summed E-state index contributed by atoms with van der Waals surface area (Å²) in [4.78, 5) is 13.2. The Morgan fingerprint density at radius 3 is 2.26 bits per heavy atom. The van der Waals surface area contributed by atoms with Gasteiger partial charge in [-0.2, -0.15) is 0 Å². The molecular formula is C28H35N5O5Si. The SMILES string of the molecule is CC(C)(C)OC[C@H]1O[C@](n2cnc3c(N)ncnc32)([SiH](c2ccccc2)c2ccccc2)[C@H](OCCO)[C@@H]1O. The number of fused-ring (bicyclic) bond motifs is 1. The highest BCUT2D eigenvalue weighted by atomic mass is 28.3. The maximum atomic E-state index is 11.8. The molecule has 4 atom stereocenters. The molecule has 5 rings (SSSR count). The standard InChI is InChI=1S/C28H35N5O5Si/c1-27(2,3)37-16-21-23(35)24(36-15-14-34)28(38-21,33-18-32-22-25(29)30-17-31-26(22)33)39(19-10-6-4-7-11-19)20-12-8-5-9-13-20/h4-13,17-18,21,23-24,34-35,39H,14-16H2,1-3H3,(H2,29,30,31)/t21-,23-,24-,28+/m1/s1. The van der Waals surface area contributed by atoms with E-state index in [0.717, 1.165) is 10.4 Å². The fourth-order valence-electron chi connectivity index (χ4n) is 5.32. The lowest BCUT2D eigenvalue weighted by Gasteiger charge is -2.42. The molecular weight excluding hydrogens is 514 g/mol. The average Bonchev–Trinajstić information content (AvgIpc) is 3.48. The summed E-state index contributed by atoms with van der Waals surface area (Å²) >= 11 is 0. The van der Waals surface area contributed by atoms with Gasteiger partial charge in [0, 0.05) is 0 Å². The molecule has 0 saturated carbocycles. The molecule has 10 nitrogen and oxygen atoms in total. The lowest BCUT2D eigenvalue weighted by molar-refractivity contribution is -0.125. The molecule has 1 aliphatic heterocycles. The van der Waals surface area contributed by atoms with Crippen molar-refractivity contribution in [2.75, 3.05) is 25.6 Å². The van der Waals surface area contributed by atoms with Gasteiger partial charge in [-0.25, -0.2) is 15.0 Å². The zero-order valence-corrected chi connectivity index (χ0v) is 23.5. The average molecular weight is 550 g/mol. The largest absolute Gasteiger partial charge is 0.394 e. The molecule has 11 heteroatoms. The van der Waals surface area contributed by atoms with Gasteiger partial charge in [0.25, 0.3) is 0 Å². The second kappa shape index (κ2) is 11.1. The number of nitrogens with two attached hydrogens (primary N) is 1. The van der Waals surface area contributed by atoms with Crippen molar-refractivity contribution in [2.45, 2.75) is 50.0 Å². The number of nitrogens with zero attached hydrogens (tertiary/aromatic N) is 4. The third-order valence-electron chi connectivity index (χ3n) is 6.93. The van der Waals surface area contributed by atoms with Gasteiger partial charge in [-0.15, -0.1) is 0 Å². The first kappa shape index (κ1) is 27.4. The monoisotopic (exact) mass is 549 g/mol. The molecule has 2 aromatic carbocycles. The molecule has 0 radical (unpaired) electrons. The summed E-state index contributed by atoms with van der Waals surface area (Å²) in [7, 11) is -2.52. The number of aliphatic hydroxyl groups excluding tert-OH is 2. The maximum absolute atomic E-state index is 11.8. The summed E-state index contributed by atoms with van der Waals surface area (Å²) in [5, 5.41) is 22.4. The summed E-state index contributed by atoms with van der Waals surface area (Å²) in [6.07, 6.45) is 0.338. The van der Waals surface area contributed by atoms with Crippen LogP contribution in [0.1, 0.15) is 20.8 Å². The van der Waals surface area contributed by atoms with E-state index in [1.165, 1.54) is 6.33 Å². The molecule has 39 heavy (non-hydrogen) atoms. The molecule has 206 valence electrons. The fraction of sp³-hybridized carbons (Fsp3) is 0.393. The minimum absolute atomic E-state index is 0.00807. The Labute approximate surface area is 229 Å². The van der Waals surface area contributed by atoms with Crippen LogP contribution in [0.5, 0.6) is 0 Å². The summed E-state index contributed by atoms with van der Waals surface area (Å²) in [5.41, 5.74) is 6.63. The lowest BCUT2D eigenvalue weighted by Crippen LogP contribution is -2.67. The summed E-state index contributed by atoms with van der Waals surface area (Å²) < 4.78 is 21.3. The van der Waals surface area contributed by atoms with Crippen molar-refractivity contribution in [2.24, 2.45) is 0 Å². The molecule has 0 bridgehead atoms. The molecule has 1 aliphatic rings. The van der Waals surface area contributed by atoms with Crippen LogP contribution in [0.25, 0.3) is 11.2 Å². The third kappa shape index (κ3) is 5.21. The smallest absolute Gasteiger partial charge is 0.167 e. The van der Waals surface area contributed by atoms with E-state index in [0.29, 0.717) is 11.2 Å². The number of hydrogen-bond acceptors (Lipinski definition) is 9. The number of aromatic nitrogens is 4. The number of hydrogen-bond donors (Lipinski definition) is 3. The Morgan fingerprint density at radius 2 is 1.67 bits per heavy atom. The van der Waals surface area contributed by atoms with E-state index in [9.17, 15) is 10.2 Å². The molecule has 1 fully saturated rings. The zero-order valence-electron chi connectivity index (χ0n) is 22.3. The normalized spacial score (nSPS) is 23.6. The number of rotatable bonds is 9. The maximum Gasteiger partial charge on any atom is 0.167 e. The fourth-order valence-corrected chi connectivity index (χ4v) is 9.27. The van der Waals surface area contributed by atoms with E-state index in [4.69, 9.17) is 19.9 Å². The van der Waals surface area contributed by atoms with E-state index in [1.54, 1.807) is 6.33 Å². The van der Waals surface area contributed by atoms with Gasteiger partial charge in [0.1, 0.15) is 30.2 Å². The van der Waals surface area contributed by atoms with E-state index in [-0.39, 0.29) is 25.6 Å². The van der Waals surface area contributed by atoms with Gasteiger partial charge >= 0.3 is 0 Å². The van der Waals surface area contributed by atoms with Crippen LogP contribution in [0.2, 0.25) is 0 Å². The van der Waals surface area contributed by atoms with E-state index in [1.807, 2.05) is 61.7 Å². The minimum atomic E-state index is -2.52. The second-order valence-electron chi connectivity index (χ2n) is 10.6. The van der Waals surface area contributed by atoms with E-state index >= 15 is 0 Å². The predicted octanol–water partition coefficient (Wildman–Crippen LogP) is 0.594. The van der Waals surface area contributed by atoms with E-state index < -0.39 is 38.1 Å². The molecule has 0 amide bonds. The number of aliphatic hydroxyl groups is 2. The lowest BCUT2D eigenvalue weighted by atomic mass is 10.1. The number of ether oxygens (including phenoxy) is 3. The minimum Gasteiger partial charge on any atom is -0.394 e. The third-order valence-corrected chi connectivity index (χ3v) is 10.6. The first-order chi connectivity index (χ1) is 18.8. The Hall–Kier alpha value is -3.19. The molecule has 0 aliphatic carbocycles. The van der Waals surface area contributed by atoms with Crippen molar-refractivity contribution in [3.05, 3.63) is 73.3 Å². The van der Waals surface area contributed by atoms with Crippen LogP contribution < -0.4 is 16.1 Å². The molecule has 2 aromatic heterocycles. The zero-order chi connectivity index (χ0) is 27.6. The Morgan fingerprint density at radius 1 is 1.03 bits per heavy atom. The number of benzene rings is 2. The van der Waals surface area contributed by atoms with Gasteiger partial charge in [0.2, 0.25) is 0 Å². The van der Waals surface area contributed by atoms with Crippen LogP contribution in [0.15, 0.2) is 73.3 Å². The Bertz CT molecular complexity index is 1340. The summed E-state index contributed by atoms with van der Waals surface area (Å²) in [6, 6.07) is 20.2. The van der Waals surface area contributed by atoms with E-state index in [2.05, 4.69) is 39.2 Å². The van der Waals surface area contributed by atoms with Crippen LogP contribution in [0, 0.1) is 0 Å². The highest BCUT2D eigenvalue weighted by Crippen LogP contribution is 2.42. The predicted molar refractivity (Wildman–Crippen MR) is 150 cm³/mol. The van der Waals surface area contributed by atoms with Crippen LogP contribution in [0.4, 0.5) is 5.82 Å². The van der Waals surface area contributed by atoms with Crippen molar-refractivity contribution >= 4 is 36.2 Å². The highest BCUT2D eigenvalue weighted by molar-refractivity contribution is 6.86. The first-order valence-corrected chi connectivity index (χ1v) is 14.8. The molecule has 0 spiro atoms. The number of imidazole rings is 1. The second-order valence-corrected chi connectivity index (χ2v) is 13.7. The van der Waals surface area contributed by atoms with Gasteiger partial charge < -0.3 is 30.2 Å². The highest BCUT2D eigenvalue weighted by Gasteiger charge is 2.62. The van der Waals surface area contributed by atoms with Crippen molar-refractivity contribution in [1.82, 2.24) is 19.5 Å². The van der Waals surface area contributed by atoms with Crippen LogP contribution in [-0.4, -0.2) is 82.3 Å². The number of nitrogen functional groups attached to an aromatic ring is 1. The quantitative estimate of drug-likeness (QED) is 0.256. The van der Waals surface area contributed by atoms with Gasteiger partial charge in [-0.05, 0) is 20.8 Å². The van der Waals surface area contributed by atoms with Gasteiger partial charge in [0.05, 0.1) is 31.7 Å². The molecule has 1 saturated heterocycles. The van der Waals surface area contributed by atoms with Crippen molar-refractivity contribution in [3.8, 4) is 0 Å². The van der Waals surface area contributed by atoms with Crippen LogP contribution in [-0.2, 0) is 19.6 Å². The van der Waals surface area contributed by atoms with Gasteiger partial charge in [-0.3, -0.25) is 4.57 Å². The van der Waals surface area contributed by atoms with Crippen molar-refractivity contribution < 1.29 is 24.4 Å². The molecule has 0 unspecified atom stereocenters. The summed E-state index contributed by atoms with van der Waals surface area (Å²) in [6.45, 7) is 5.79. The molecule has 4 aromatic rings. The topological polar surface area (TPSA) is 138 Å². The van der Waals surface area contributed by atoms with Crippen molar-refractivity contribution in [3.63, 3.8) is 0 Å². The Kier molecular flexibility index (Phi) is 7.81. The number of anilines is 1. The Balaban J connectivity index is 1.79. The summed E-state index contributed by atoms with van der Waals surface area (Å²) in [5.74, 6) is 0.241. The van der Waals surface area contributed by atoms with Crippen LogP contribution >= 0.6 is 0 Å². The van der Waals surface area contributed by atoms with Crippen LogP contribution in [0.3, 0.4) is 0 Å². The first-order valence-electron chi connectivity index (χ1n) is 13.0.